The zero-order chi connectivity index (χ0) is 22.7. The number of benzene rings is 3. The lowest BCUT2D eigenvalue weighted by Gasteiger charge is -2.12. The quantitative estimate of drug-likeness (QED) is 0.317. The van der Waals surface area contributed by atoms with E-state index in [-0.39, 0.29) is 17.1 Å². The maximum absolute atomic E-state index is 12.5. The number of hydrogen-bond donors (Lipinski definition) is 2. The van der Waals surface area contributed by atoms with Crippen molar-refractivity contribution in [1.82, 2.24) is 10.3 Å². The zero-order valence-corrected chi connectivity index (χ0v) is 19.8. The number of halogens is 1. The van der Waals surface area contributed by atoms with Gasteiger partial charge in [-0.1, -0.05) is 23.7 Å². The van der Waals surface area contributed by atoms with Crippen LogP contribution in [0.25, 0.3) is 20.8 Å². The van der Waals surface area contributed by atoms with E-state index in [1.165, 1.54) is 0 Å². The minimum Gasteiger partial charge on any atom is -0.491 e. The lowest BCUT2D eigenvalue weighted by molar-refractivity contribution is 0.0977. The van der Waals surface area contributed by atoms with E-state index in [9.17, 15) is 4.79 Å². The van der Waals surface area contributed by atoms with Crippen LogP contribution in [0.5, 0.6) is 5.75 Å². The van der Waals surface area contributed by atoms with E-state index in [4.69, 9.17) is 28.6 Å². The number of para-hydroxylation sites is 1. The van der Waals surface area contributed by atoms with Crippen LogP contribution in [0.2, 0.25) is 5.02 Å². The average molecular weight is 482 g/mol. The van der Waals surface area contributed by atoms with Gasteiger partial charge in [-0.3, -0.25) is 10.1 Å². The van der Waals surface area contributed by atoms with Crippen molar-refractivity contribution < 1.29 is 9.53 Å². The van der Waals surface area contributed by atoms with Crippen LogP contribution in [0.3, 0.4) is 0 Å². The number of carbonyl (C=O) groups excluding carboxylic acids is 1. The van der Waals surface area contributed by atoms with E-state index < -0.39 is 0 Å². The van der Waals surface area contributed by atoms with Gasteiger partial charge in [0.05, 0.1) is 21.3 Å². The van der Waals surface area contributed by atoms with Gasteiger partial charge < -0.3 is 10.1 Å². The summed E-state index contributed by atoms with van der Waals surface area (Å²) in [6.07, 6.45) is 0.0688. The maximum atomic E-state index is 12.5. The van der Waals surface area contributed by atoms with Crippen molar-refractivity contribution in [3.8, 4) is 16.3 Å². The molecule has 0 aliphatic rings. The van der Waals surface area contributed by atoms with Crippen molar-refractivity contribution in [2.24, 2.45) is 0 Å². The number of thiocarbonyl (C=S) groups is 1. The zero-order valence-electron chi connectivity index (χ0n) is 17.4. The maximum Gasteiger partial charge on any atom is 0.257 e. The molecule has 0 unspecified atom stereocenters. The molecule has 0 aliphatic carbocycles. The van der Waals surface area contributed by atoms with Gasteiger partial charge in [-0.15, -0.1) is 11.3 Å². The van der Waals surface area contributed by atoms with Crippen molar-refractivity contribution in [2.45, 2.75) is 20.0 Å². The third-order valence-corrected chi connectivity index (χ3v) is 6.05. The molecule has 32 heavy (non-hydrogen) atoms. The van der Waals surface area contributed by atoms with Gasteiger partial charge in [0.1, 0.15) is 10.8 Å². The first-order valence-electron chi connectivity index (χ1n) is 9.93. The number of fused-ring (bicyclic) bond motifs is 1. The van der Waals surface area contributed by atoms with Crippen molar-refractivity contribution >= 4 is 62.1 Å². The minimum atomic E-state index is -0.309. The first-order valence-corrected chi connectivity index (χ1v) is 11.5. The third kappa shape index (κ3) is 5.24. The monoisotopic (exact) mass is 481 g/mol. The molecule has 0 radical (unpaired) electrons. The Bertz CT molecular complexity index is 1250. The molecule has 4 rings (SSSR count). The van der Waals surface area contributed by atoms with Crippen LogP contribution in [-0.2, 0) is 0 Å². The molecule has 8 heteroatoms. The minimum absolute atomic E-state index is 0.0688. The highest BCUT2D eigenvalue weighted by atomic mass is 35.5. The van der Waals surface area contributed by atoms with Gasteiger partial charge in [-0.05, 0) is 80.7 Å². The van der Waals surface area contributed by atoms with E-state index in [2.05, 4.69) is 15.6 Å². The molecule has 0 fully saturated rings. The molecule has 162 valence electrons. The smallest absolute Gasteiger partial charge is 0.257 e. The van der Waals surface area contributed by atoms with Crippen molar-refractivity contribution in [1.29, 1.82) is 0 Å². The fourth-order valence-corrected chi connectivity index (χ4v) is 4.59. The number of amides is 1. The van der Waals surface area contributed by atoms with Gasteiger partial charge in [0.15, 0.2) is 5.11 Å². The van der Waals surface area contributed by atoms with Gasteiger partial charge >= 0.3 is 0 Å². The SMILES string of the molecule is CC(C)Oc1ccc(C(=O)NC(=S)Nc2ccc(-c3nc4ccccc4s3)c(Cl)c2)cc1. The number of thiazole rings is 1. The van der Waals surface area contributed by atoms with E-state index in [1.807, 2.05) is 50.2 Å². The highest BCUT2D eigenvalue weighted by Crippen LogP contribution is 2.35. The largest absolute Gasteiger partial charge is 0.491 e. The molecular weight excluding hydrogens is 462 g/mol. The predicted octanol–water partition coefficient (Wildman–Crippen LogP) is 6.53. The number of anilines is 1. The topological polar surface area (TPSA) is 63.2 Å². The molecular formula is C24H20ClN3O2S2. The van der Waals surface area contributed by atoms with Crippen LogP contribution >= 0.6 is 35.2 Å². The molecule has 3 aromatic carbocycles. The Kier molecular flexibility index (Phi) is 6.69. The van der Waals surface area contributed by atoms with Crippen LogP contribution in [0, 0.1) is 0 Å². The Morgan fingerprint density at radius 2 is 1.84 bits per heavy atom. The first-order chi connectivity index (χ1) is 15.4. The molecule has 5 nitrogen and oxygen atoms in total. The highest BCUT2D eigenvalue weighted by molar-refractivity contribution is 7.80. The number of aromatic nitrogens is 1. The summed E-state index contributed by atoms with van der Waals surface area (Å²) in [5.41, 5.74) is 2.94. The van der Waals surface area contributed by atoms with Crippen molar-refractivity contribution in [3.63, 3.8) is 0 Å². The summed E-state index contributed by atoms with van der Waals surface area (Å²) in [5.74, 6) is 0.399. The van der Waals surface area contributed by atoms with Crippen molar-refractivity contribution in [3.05, 3.63) is 77.3 Å². The van der Waals surface area contributed by atoms with E-state index in [0.29, 0.717) is 22.0 Å². The molecule has 0 spiro atoms. The van der Waals surface area contributed by atoms with Crippen LogP contribution in [0.15, 0.2) is 66.7 Å². The summed E-state index contributed by atoms with van der Waals surface area (Å²) in [4.78, 5) is 17.1. The predicted molar refractivity (Wildman–Crippen MR) is 136 cm³/mol. The van der Waals surface area contributed by atoms with Gasteiger partial charge in [0.2, 0.25) is 0 Å². The van der Waals surface area contributed by atoms with Gasteiger partial charge in [-0.25, -0.2) is 4.98 Å². The molecule has 1 heterocycles. The standard InChI is InChI=1S/C24H20ClN3O2S2/c1-14(2)30-17-10-7-15(8-11-17)22(29)28-24(31)26-16-9-12-18(19(25)13-16)23-27-20-5-3-4-6-21(20)32-23/h3-14H,1-2H3,(H2,26,28,29,31). The first kappa shape index (κ1) is 22.2. The lowest BCUT2D eigenvalue weighted by atomic mass is 10.2. The Balaban J connectivity index is 1.41. The molecule has 0 bridgehead atoms. The molecule has 4 aromatic rings. The Labute approximate surface area is 200 Å². The fraction of sp³-hybridized carbons (Fsp3) is 0.125. The molecule has 0 saturated carbocycles. The Morgan fingerprint density at radius 1 is 1.09 bits per heavy atom. The summed E-state index contributed by atoms with van der Waals surface area (Å²) in [7, 11) is 0. The van der Waals surface area contributed by atoms with E-state index in [0.717, 1.165) is 20.8 Å². The number of ether oxygens (including phenoxy) is 1. The number of nitrogens with one attached hydrogen (secondary N) is 2. The second-order valence-corrected chi connectivity index (χ2v) is 9.13. The van der Waals surface area contributed by atoms with Gasteiger partial charge in [-0.2, -0.15) is 0 Å². The van der Waals surface area contributed by atoms with Crippen LogP contribution in [0.4, 0.5) is 5.69 Å². The third-order valence-electron chi connectivity index (χ3n) is 4.47. The summed E-state index contributed by atoms with van der Waals surface area (Å²) >= 11 is 13.4. The highest BCUT2D eigenvalue weighted by Gasteiger charge is 2.12. The lowest BCUT2D eigenvalue weighted by Crippen LogP contribution is -2.34. The summed E-state index contributed by atoms with van der Waals surface area (Å²) in [6.45, 7) is 3.89. The van der Waals surface area contributed by atoms with Crippen LogP contribution in [0.1, 0.15) is 24.2 Å². The van der Waals surface area contributed by atoms with Gasteiger partial charge in [0.25, 0.3) is 5.91 Å². The molecule has 1 amide bonds. The average Bonchev–Trinajstić information content (AvgIpc) is 3.17. The molecule has 0 atom stereocenters. The summed E-state index contributed by atoms with van der Waals surface area (Å²) in [5, 5.41) is 7.25. The number of hydrogen-bond acceptors (Lipinski definition) is 5. The van der Waals surface area contributed by atoms with E-state index >= 15 is 0 Å². The second-order valence-electron chi connectivity index (χ2n) is 7.28. The molecule has 1 aromatic heterocycles. The van der Waals surface area contributed by atoms with Gasteiger partial charge in [0, 0.05) is 16.8 Å². The molecule has 0 aliphatic heterocycles. The fourth-order valence-electron chi connectivity index (χ4n) is 3.05. The van der Waals surface area contributed by atoms with E-state index in [1.54, 1.807) is 41.7 Å². The molecule has 0 saturated heterocycles. The van der Waals surface area contributed by atoms with Crippen LogP contribution < -0.4 is 15.4 Å². The van der Waals surface area contributed by atoms with Crippen molar-refractivity contribution in [2.75, 3.05) is 5.32 Å². The number of carbonyl (C=O) groups is 1. The Hall–Kier alpha value is -3.00. The summed E-state index contributed by atoms with van der Waals surface area (Å²) in [6, 6.07) is 20.4. The summed E-state index contributed by atoms with van der Waals surface area (Å²) < 4.78 is 6.70. The Morgan fingerprint density at radius 3 is 2.53 bits per heavy atom. The normalized spacial score (nSPS) is 10.9. The number of nitrogens with zero attached hydrogens (tertiary/aromatic N) is 1. The van der Waals surface area contributed by atoms with Crippen LogP contribution in [-0.4, -0.2) is 22.1 Å². The molecule has 2 N–H and O–H groups in total. The second kappa shape index (κ2) is 9.65. The number of rotatable bonds is 5.